The molecule has 0 spiro atoms. The van der Waals surface area contributed by atoms with Crippen molar-refractivity contribution in [1.29, 1.82) is 0 Å². The minimum atomic E-state index is -0.793. The molecule has 5 rings (SSSR count). The molecule has 0 bridgehead atoms. The quantitative estimate of drug-likeness (QED) is 0.695. The molecule has 0 N–H and O–H groups in total. The van der Waals surface area contributed by atoms with Gasteiger partial charge in [0.05, 0.1) is 48.1 Å². The lowest BCUT2D eigenvalue weighted by Crippen LogP contribution is -2.36. The summed E-state index contributed by atoms with van der Waals surface area (Å²) in [5.41, 5.74) is 2.85. The highest BCUT2D eigenvalue weighted by atomic mass is 19.1. The number of anilines is 2. The summed E-state index contributed by atoms with van der Waals surface area (Å²) in [6.07, 6.45) is 7.60. The van der Waals surface area contributed by atoms with Gasteiger partial charge < -0.3 is 4.90 Å². The van der Waals surface area contributed by atoms with E-state index in [1.165, 1.54) is 0 Å². The fourth-order valence-electron chi connectivity index (χ4n) is 3.79. The van der Waals surface area contributed by atoms with E-state index in [-0.39, 0.29) is 5.91 Å². The Bertz CT molecular complexity index is 1030. The molecule has 3 aromatic rings. The fraction of sp³-hybridized carbons (Fsp3) is 0.368. The number of rotatable bonds is 3. The highest BCUT2D eigenvalue weighted by Crippen LogP contribution is 2.28. The van der Waals surface area contributed by atoms with Crippen LogP contribution in [0.25, 0.3) is 5.69 Å². The molecule has 2 aliphatic rings. The smallest absolute Gasteiger partial charge is 0.262 e. The van der Waals surface area contributed by atoms with Crippen molar-refractivity contribution in [3.63, 3.8) is 0 Å². The molecule has 2 aliphatic heterocycles. The third-order valence-electron chi connectivity index (χ3n) is 5.26. The number of hydrogen-bond acceptors (Lipinski definition) is 5. The molecule has 3 aromatic heterocycles. The third kappa shape index (κ3) is 2.83. The van der Waals surface area contributed by atoms with Gasteiger partial charge in [0.25, 0.3) is 5.91 Å². The van der Waals surface area contributed by atoms with Gasteiger partial charge in [-0.05, 0) is 25.0 Å². The van der Waals surface area contributed by atoms with E-state index >= 15 is 0 Å². The molecule has 8 nitrogen and oxygen atoms in total. The minimum Gasteiger partial charge on any atom is -0.354 e. The molecule has 0 saturated carbocycles. The zero-order valence-corrected chi connectivity index (χ0v) is 15.5. The van der Waals surface area contributed by atoms with Crippen molar-refractivity contribution in [2.75, 3.05) is 22.9 Å². The molecular weight excluding hydrogens is 361 g/mol. The first-order valence-corrected chi connectivity index (χ1v) is 9.33. The maximum absolute atomic E-state index is 13.6. The summed E-state index contributed by atoms with van der Waals surface area (Å²) in [5, 5.41) is 8.68. The molecule has 0 aliphatic carbocycles. The Hall–Kier alpha value is -3.23. The molecule has 0 radical (unpaired) electrons. The van der Waals surface area contributed by atoms with Crippen LogP contribution >= 0.6 is 0 Å². The summed E-state index contributed by atoms with van der Waals surface area (Å²) in [6, 6.07) is 3.78. The van der Waals surface area contributed by atoms with Crippen molar-refractivity contribution in [2.24, 2.45) is 7.05 Å². The van der Waals surface area contributed by atoms with Gasteiger partial charge in [-0.2, -0.15) is 10.2 Å². The lowest BCUT2D eigenvalue weighted by molar-refractivity contribution is 0.0996. The second-order valence-corrected chi connectivity index (χ2v) is 7.26. The molecule has 1 amide bonds. The number of fused-ring (bicyclic) bond motifs is 1. The number of piperidine rings is 1. The van der Waals surface area contributed by atoms with Crippen LogP contribution in [0.3, 0.4) is 0 Å². The van der Waals surface area contributed by atoms with Crippen LogP contribution < -0.4 is 9.80 Å². The summed E-state index contributed by atoms with van der Waals surface area (Å²) >= 11 is 0. The predicted octanol–water partition coefficient (Wildman–Crippen LogP) is 2.10. The molecule has 1 saturated heterocycles. The Morgan fingerprint density at radius 3 is 2.75 bits per heavy atom. The van der Waals surface area contributed by atoms with Crippen LogP contribution in [-0.4, -0.2) is 49.7 Å². The van der Waals surface area contributed by atoms with Crippen LogP contribution in [0.2, 0.25) is 0 Å². The monoisotopic (exact) mass is 381 g/mol. The van der Waals surface area contributed by atoms with Crippen LogP contribution in [0.4, 0.5) is 15.9 Å². The maximum atomic E-state index is 13.6. The van der Waals surface area contributed by atoms with E-state index in [1.54, 1.807) is 32.9 Å². The van der Waals surface area contributed by atoms with Gasteiger partial charge in [-0.1, -0.05) is 0 Å². The van der Waals surface area contributed by atoms with Crippen LogP contribution in [0.5, 0.6) is 0 Å². The highest BCUT2D eigenvalue weighted by Gasteiger charge is 2.32. The number of pyridine rings is 1. The zero-order valence-electron chi connectivity index (χ0n) is 15.5. The maximum Gasteiger partial charge on any atom is 0.262 e. The van der Waals surface area contributed by atoms with Gasteiger partial charge in [-0.3, -0.25) is 14.4 Å². The van der Waals surface area contributed by atoms with E-state index in [1.807, 2.05) is 30.3 Å². The SMILES string of the molecule is Cn1cc(N2Cc3nn(-c4ccc(N5CCC[C@H](F)C5)nc4)cc3C2=O)cn1. The van der Waals surface area contributed by atoms with Gasteiger partial charge in [0.15, 0.2) is 0 Å². The van der Waals surface area contributed by atoms with Crippen LogP contribution in [0.15, 0.2) is 36.9 Å². The minimum absolute atomic E-state index is 0.0823. The fourth-order valence-corrected chi connectivity index (χ4v) is 3.79. The summed E-state index contributed by atoms with van der Waals surface area (Å²) in [4.78, 5) is 20.8. The number of alkyl halides is 1. The molecule has 1 fully saturated rings. The summed E-state index contributed by atoms with van der Waals surface area (Å²) in [5.74, 6) is 0.686. The second-order valence-electron chi connectivity index (χ2n) is 7.26. The van der Waals surface area contributed by atoms with E-state index in [4.69, 9.17) is 0 Å². The first-order valence-electron chi connectivity index (χ1n) is 9.33. The highest BCUT2D eigenvalue weighted by molar-refractivity contribution is 6.09. The average Bonchev–Trinajstić information content (AvgIpc) is 3.38. The standard InChI is InChI=1S/C19H20FN7O/c1-24-10-15(8-22-24)26-12-17-16(19(26)28)11-27(23-17)14-4-5-18(21-7-14)25-6-2-3-13(20)9-25/h4-5,7-8,10-11,13H,2-3,6,9,12H2,1H3/t13-/m0/s1. The van der Waals surface area contributed by atoms with E-state index < -0.39 is 6.17 Å². The normalized spacial score (nSPS) is 19.4. The summed E-state index contributed by atoms with van der Waals surface area (Å²) in [7, 11) is 1.82. The van der Waals surface area contributed by atoms with Crippen molar-refractivity contribution < 1.29 is 9.18 Å². The predicted molar refractivity (Wildman–Crippen MR) is 101 cm³/mol. The van der Waals surface area contributed by atoms with Crippen molar-refractivity contribution in [2.45, 2.75) is 25.6 Å². The van der Waals surface area contributed by atoms with Crippen LogP contribution in [0.1, 0.15) is 28.9 Å². The number of aromatic nitrogens is 5. The third-order valence-corrected chi connectivity index (χ3v) is 5.26. The number of nitrogens with zero attached hydrogens (tertiary/aromatic N) is 7. The molecule has 28 heavy (non-hydrogen) atoms. The molecular formula is C19H20FN7O. The number of aryl methyl sites for hydroxylation is 1. The molecule has 0 aromatic carbocycles. The van der Waals surface area contributed by atoms with Gasteiger partial charge in [0.1, 0.15) is 12.0 Å². The van der Waals surface area contributed by atoms with Crippen LogP contribution in [0, 0.1) is 0 Å². The zero-order chi connectivity index (χ0) is 19.3. The number of carbonyl (C=O) groups is 1. The van der Waals surface area contributed by atoms with Crippen LogP contribution in [-0.2, 0) is 13.6 Å². The van der Waals surface area contributed by atoms with Gasteiger partial charge in [-0.25, -0.2) is 14.1 Å². The Morgan fingerprint density at radius 1 is 1.18 bits per heavy atom. The number of hydrogen-bond donors (Lipinski definition) is 0. The van der Waals surface area contributed by atoms with E-state index in [2.05, 4.69) is 15.2 Å². The largest absolute Gasteiger partial charge is 0.354 e. The van der Waals surface area contributed by atoms with Crippen molar-refractivity contribution in [3.05, 3.63) is 48.2 Å². The van der Waals surface area contributed by atoms with Crippen molar-refractivity contribution in [3.8, 4) is 5.69 Å². The van der Waals surface area contributed by atoms with E-state index in [9.17, 15) is 9.18 Å². The lowest BCUT2D eigenvalue weighted by atomic mass is 10.1. The molecule has 9 heteroatoms. The first-order chi connectivity index (χ1) is 13.6. The average molecular weight is 381 g/mol. The Balaban J connectivity index is 1.35. The van der Waals surface area contributed by atoms with Gasteiger partial charge in [0, 0.05) is 26.0 Å². The number of carbonyl (C=O) groups excluding carboxylic acids is 1. The summed E-state index contributed by atoms with van der Waals surface area (Å²) in [6.45, 7) is 1.63. The van der Waals surface area contributed by atoms with Gasteiger partial charge in [-0.15, -0.1) is 0 Å². The van der Waals surface area contributed by atoms with Gasteiger partial charge >= 0.3 is 0 Å². The lowest BCUT2D eigenvalue weighted by Gasteiger charge is -2.29. The van der Waals surface area contributed by atoms with Gasteiger partial charge in [0.2, 0.25) is 0 Å². The molecule has 5 heterocycles. The number of amides is 1. The van der Waals surface area contributed by atoms with Crippen molar-refractivity contribution in [1.82, 2.24) is 24.5 Å². The topological polar surface area (TPSA) is 72.1 Å². The van der Waals surface area contributed by atoms with Crippen molar-refractivity contribution >= 4 is 17.4 Å². The first kappa shape index (κ1) is 16.9. The molecule has 144 valence electrons. The number of halogens is 1. The Morgan fingerprint density at radius 2 is 2.07 bits per heavy atom. The molecule has 0 unspecified atom stereocenters. The van der Waals surface area contributed by atoms with E-state index in [0.717, 1.165) is 35.9 Å². The Labute approximate surface area is 161 Å². The van der Waals surface area contributed by atoms with E-state index in [0.29, 0.717) is 25.1 Å². The second kappa shape index (κ2) is 6.43. The Kier molecular flexibility index (Phi) is 3.88. The summed E-state index contributed by atoms with van der Waals surface area (Å²) < 4.78 is 17.0. The molecule has 1 atom stereocenters.